The van der Waals surface area contributed by atoms with E-state index in [2.05, 4.69) is 15.3 Å². The summed E-state index contributed by atoms with van der Waals surface area (Å²) in [6.45, 7) is 0.177. The highest BCUT2D eigenvalue weighted by atomic mass is 16.4. The third-order valence-electron chi connectivity index (χ3n) is 2.29. The minimum atomic E-state index is -1.10. The highest BCUT2D eigenvalue weighted by molar-refractivity contribution is 5.85. The second-order valence-electron chi connectivity index (χ2n) is 3.66. The van der Waals surface area contributed by atoms with Gasteiger partial charge in [0.1, 0.15) is 5.82 Å². The first kappa shape index (κ1) is 10.5. The van der Waals surface area contributed by atoms with E-state index < -0.39 is 5.97 Å². The lowest BCUT2D eigenvalue weighted by Gasteiger charge is -2.03. The van der Waals surface area contributed by atoms with Gasteiger partial charge in [-0.05, 0) is 18.9 Å². The second kappa shape index (κ2) is 4.26. The molecule has 16 heavy (non-hydrogen) atoms. The van der Waals surface area contributed by atoms with Crippen LogP contribution in [0.15, 0.2) is 12.3 Å². The molecule has 1 saturated carbocycles. The monoisotopic (exact) mass is 221 g/mol. The minimum Gasteiger partial charge on any atom is -0.477 e. The number of rotatable bonds is 4. The summed E-state index contributed by atoms with van der Waals surface area (Å²) >= 11 is 0. The Hall–Kier alpha value is -1.98. The van der Waals surface area contributed by atoms with Crippen LogP contribution in [-0.4, -0.2) is 27.0 Å². The Morgan fingerprint density at radius 2 is 2.25 bits per heavy atom. The summed E-state index contributed by atoms with van der Waals surface area (Å²) in [5.41, 5.74) is -0.0642. The molecule has 0 spiro atoms. The second-order valence-corrected chi connectivity index (χ2v) is 3.66. The molecule has 0 aliphatic heterocycles. The molecule has 0 radical (unpaired) electrons. The third kappa shape index (κ3) is 2.53. The van der Waals surface area contributed by atoms with Gasteiger partial charge < -0.3 is 10.4 Å². The molecule has 0 atom stereocenters. The summed E-state index contributed by atoms with van der Waals surface area (Å²) in [4.78, 5) is 29.6. The number of hydrogen-bond donors (Lipinski definition) is 2. The average Bonchev–Trinajstić information content (AvgIpc) is 3.10. The molecule has 0 bridgehead atoms. The lowest BCUT2D eigenvalue weighted by atomic mass is 10.3. The lowest BCUT2D eigenvalue weighted by molar-refractivity contribution is -0.122. The molecule has 0 saturated heterocycles. The molecule has 84 valence electrons. The van der Waals surface area contributed by atoms with Crippen LogP contribution in [0.1, 0.15) is 29.2 Å². The number of amides is 1. The van der Waals surface area contributed by atoms with Crippen molar-refractivity contribution in [2.24, 2.45) is 5.92 Å². The van der Waals surface area contributed by atoms with E-state index in [1.807, 2.05) is 0 Å². The van der Waals surface area contributed by atoms with Crippen LogP contribution in [-0.2, 0) is 11.3 Å². The van der Waals surface area contributed by atoms with Crippen molar-refractivity contribution in [1.29, 1.82) is 0 Å². The van der Waals surface area contributed by atoms with Gasteiger partial charge >= 0.3 is 5.97 Å². The van der Waals surface area contributed by atoms with Crippen molar-refractivity contribution >= 4 is 11.9 Å². The molecule has 1 aromatic heterocycles. The zero-order valence-corrected chi connectivity index (χ0v) is 8.51. The van der Waals surface area contributed by atoms with E-state index in [1.165, 1.54) is 12.3 Å². The van der Waals surface area contributed by atoms with Crippen LogP contribution in [0.3, 0.4) is 0 Å². The van der Waals surface area contributed by atoms with Gasteiger partial charge in [-0.2, -0.15) is 0 Å². The first-order valence-electron chi connectivity index (χ1n) is 5.00. The largest absolute Gasteiger partial charge is 0.477 e. The van der Waals surface area contributed by atoms with Crippen molar-refractivity contribution in [2.45, 2.75) is 19.4 Å². The van der Waals surface area contributed by atoms with Crippen LogP contribution in [0.2, 0.25) is 0 Å². The number of nitrogens with one attached hydrogen (secondary N) is 1. The van der Waals surface area contributed by atoms with E-state index in [1.54, 1.807) is 0 Å². The van der Waals surface area contributed by atoms with Crippen LogP contribution in [0.5, 0.6) is 0 Å². The fourth-order valence-corrected chi connectivity index (χ4v) is 1.26. The van der Waals surface area contributed by atoms with Gasteiger partial charge in [0.2, 0.25) is 5.91 Å². The molecule has 6 heteroatoms. The van der Waals surface area contributed by atoms with Crippen LogP contribution < -0.4 is 5.32 Å². The van der Waals surface area contributed by atoms with E-state index >= 15 is 0 Å². The molecule has 1 aliphatic rings. The van der Waals surface area contributed by atoms with Crippen molar-refractivity contribution in [3.63, 3.8) is 0 Å². The van der Waals surface area contributed by atoms with Gasteiger partial charge in [0.05, 0.1) is 6.54 Å². The maximum Gasteiger partial charge on any atom is 0.354 e. The van der Waals surface area contributed by atoms with Crippen molar-refractivity contribution in [1.82, 2.24) is 15.3 Å². The Morgan fingerprint density at radius 1 is 1.50 bits per heavy atom. The molecule has 6 nitrogen and oxygen atoms in total. The first-order valence-corrected chi connectivity index (χ1v) is 5.00. The number of aromatic carboxylic acids is 1. The van der Waals surface area contributed by atoms with Gasteiger partial charge in [-0.3, -0.25) is 4.79 Å². The van der Waals surface area contributed by atoms with E-state index in [0.29, 0.717) is 5.82 Å². The molecule has 2 N–H and O–H groups in total. The molecule has 0 unspecified atom stereocenters. The van der Waals surface area contributed by atoms with Crippen molar-refractivity contribution in [2.75, 3.05) is 0 Å². The smallest absolute Gasteiger partial charge is 0.354 e. The topological polar surface area (TPSA) is 92.2 Å². The average molecular weight is 221 g/mol. The predicted octanol–water partition coefficient (Wildman–Crippen LogP) is 0.201. The Balaban J connectivity index is 1.95. The lowest BCUT2D eigenvalue weighted by Crippen LogP contribution is -2.25. The zero-order valence-electron chi connectivity index (χ0n) is 8.51. The van der Waals surface area contributed by atoms with E-state index in [-0.39, 0.29) is 24.1 Å². The summed E-state index contributed by atoms with van der Waals surface area (Å²) in [5, 5.41) is 11.4. The number of nitrogens with zero attached hydrogens (tertiary/aromatic N) is 2. The van der Waals surface area contributed by atoms with Crippen LogP contribution in [0.25, 0.3) is 0 Å². The van der Waals surface area contributed by atoms with Crippen LogP contribution >= 0.6 is 0 Å². The highest BCUT2D eigenvalue weighted by Gasteiger charge is 2.29. The molecule has 2 rings (SSSR count). The van der Waals surface area contributed by atoms with Gasteiger partial charge in [0.25, 0.3) is 0 Å². The number of carboxylic acid groups (broad SMARTS) is 1. The Bertz CT molecular complexity index is 429. The molecule has 1 aromatic rings. The van der Waals surface area contributed by atoms with Crippen molar-refractivity contribution in [3.8, 4) is 0 Å². The third-order valence-corrected chi connectivity index (χ3v) is 2.29. The molecular weight excluding hydrogens is 210 g/mol. The maximum absolute atomic E-state index is 11.3. The Labute approximate surface area is 91.7 Å². The van der Waals surface area contributed by atoms with Gasteiger partial charge in [-0.25, -0.2) is 14.8 Å². The fraction of sp³-hybridized carbons (Fsp3) is 0.400. The summed E-state index contributed by atoms with van der Waals surface area (Å²) in [6.07, 6.45) is 3.23. The van der Waals surface area contributed by atoms with Crippen molar-refractivity contribution in [3.05, 3.63) is 23.8 Å². The van der Waals surface area contributed by atoms with E-state index in [9.17, 15) is 9.59 Å². The number of aromatic nitrogens is 2. The summed E-state index contributed by atoms with van der Waals surface area (Å²) in [5.74, 6) is -0.668. The predicted molar refractivity (Wildman–Crippen MR) is 53.6 cm³/mol. The van der Waals surface area contributed by atoms with Crippen LogP contribution in [0, 0.1) is 5.92 Å². The molecule has 1 fully saturated rings. The number of hydrogen-bond acceptors (Lipinski definition) is 4. The summed E-state index contributed by atoms with van der Waals surface area (Å²) < 4.78 is 0. The quantitative estimate of drug-likeness (QED) is 0.757. The van der Waals surface area contributed by atoms with Crippen LogP contribution in [0.4, 0.5) is 0 Å². The number of carbonyl (C=O) groups excluding carboxylic acids is 1. The number of carbonyl (C=O) groups is 2. The number of carboxylic acids is 1. The fourth-order valence-electron chi connectivity index (χ4n) is 1.26. The molecule has 1 heterocycles. The first-order chi connectivity index (χ1) is 7.66. The Kier molecular flexibility index (Phi) is 2.80. The van der Waals surface area contributed by atoms with Gasteiger partial charge in [0.15, 0.2) is 5.69 Å². The zero-order chi connectivity index (χ0) is 11.5. The molecule has 0 aromatic carbocycles. The normalized spacial score (nSPS) is 14.5. The Morgan fingerprint density at radius 3 is 2.88 bits per heavy atom. The maximum atomic E-state index is 11.3. The molecule has 1 aliphatic carbocycles. The SMILES string of the molecule is O=C(O)c1ccnc(CNC(=O)C2CC2)n1. The summed E-state index contributed by atoms with van der Waals surface area (Å²) in [6, 6.07) is 1.31. The molecular formula is C10H11N3O3. The molecule has 1 amide bonds. The van der Waals surface area contributed by atoms with Crippen molar-refractivity contribution < 1.29 is 14.7 Å². The summed E-state index contributed by atoms with van der Waals surface area (Å²) in [7, 11) is 0. The van der Waals surface area contributed by atoms with Gasteiger partial charge in [-0.15, -0.1) is 0 Å². The minimum absolute atomic E-state index is 0.00988. The highest BCUT2D eigenvalue weighted by Crippen LogP contribution is 2.28. The van der Waals surface area contributed by atoms with Gasteiger partial charge in [-0.1, -0.05) is 0 Å². The van der Waals surface area contributed by atoms with Gasteiger partial charge in [0, 0.05) is 12.1 Å². The standard InChI is InChI=1S/C10H11N3O3/c14-9(6-1-2-6)12-5-8-11-4-3-7(13-8)10(15)16/h3-4,6H,1-2,5H2,(H,12,14)(H,15,16). The van der Waals surface area contributed by atoms with E-state index in [0.717, 1.165) is 12.8 Å². The van der Waals surface area contributed by atoms with E-state index in [4.69, 9.17) is 5.11 Å².